The van der Waals surface area contributed by atoms with E-state index in [0.29, 0.717) is 37.0 Å². The molecule has 1 aliphatic heterocycles. The Morgan fingerprint density at radius 2 is 1.75 bits per heavy atom. The fourth-order valence-corrected chi connectivity index (χ4v) is 4.20. The number of amides is 1. The number of rotatable bonds is 9. The lowest BCUT2D eigenvalue weighted by Crippen LogP contribution is -2.36. The number of nitrogens with one attached hydrogen (secondary N) is 1. The Morgan fingerprint density at radius 1 is 1.03 bits per heavy atom. The highest BCUT2D eigenvalue weighted by Gasteiger charge is 2.23. The third-order valence-electron chi connectivity index (χ3n) is 6.13. The summed E-state index contributed by atoms with van der Waals surface area (Å²) in [7, 11) is 0. The molecule has 1 amide bonds. The van der Waals surface area contributed by atoms with Crippen LogP contribution in [0.1, 0.15) is 62.1 Å². The van der Waals surface area contributed by atoms with Crippen LogP contribution in [0, 0.1) is 0 Å². The average molecular weight is 433 g/mol. The van der Waals surface area contributed by atoms with Gasteiger partial charge in [0.2, 0.25) is 17.6 Å². The van der Waals surface area contributed by atoms with Crippen LogP contribution in [0.4, 0.5) is 0 Å². The number of hydrogen-bond donors (Lipinski definition) is 1. The summed E-state index contributed by atoms with van der Waals surface area (Å²) in [6, 6.07) is 18.9. The van der Waals surface area contributed by atoms with E-state index in [0.717, 1.165) is 18.7 Å². The summed E-state index contributed by atoms with van der Waals surface area (Å²) >= 11 is 0. The van der Waals surface area contributed by atoms with Gasteiger partial charge in [0.1, 0.15) is 0 Å². The quantitative estimate of drug-likeness (QED) is 0.528. The normalized spacial score (nSPS) is 15.2. The molecule has 1 aliphatic rings. The van der Waals surface area contributed by atoms with Gasteiger partial charge in [0.25, 0.3) is 0 Å². The highest BCUT2D eigenvalue weighted by molar-refractivity contribution is 5.76. The number of aromatic nitrogens is 2. The molecule has 0 aliphatic carbocycles. The van der Waals surface area contributed by atoms with Crippen LogP contribution >= 0.6 is 0 Å². The first-order valence-corrected chi connectivity index (χ1v) is 11.6. The Balaban J connectivity index is 1.30. The van der Waals surface area contributed by atoms with E-state index < -0.39 is 0 Å². The van der Waals surface area contributed by atoms with Gasteiger partial charge in [0, 0.05) is 24.9 Å². The maximum Gasteiger partial charge on any atom is 0.227 e. The van der Waals surface area contributed by atoms with Gasteiger partial charge in [-0.3, -0.25) is 9.69 Å². The molecule has 0 spiro atoms. The summed E-state index contributed by atoms with van der Waals surface area (Å²) in [6.07, 6.45) is 3.20. The molecule has 0 saturated carbocycles. The van der Waals surface area contributed by atoms with Crippen molar-refractivity contribution in [3.05, 3.63) is 71.6 Å². The van der Waals surface area contributed by atoms with Gasteiger partial charge in [-0.15, -0.1) is 0 Å². The molecular formula is C26H32N4O2. The number of carbonyl (C=O) groups excluding carboxylic acids is 1. The zero-order valence-electron chi connectivity index (χ0n) is 19.0. The zero-order chi connectivity index (χ0) is 22.3. The summed E-state index contributed by atoms with van der Waals surface area (Å²) in [5.74, 6) is 1.54. The first-order chi connectivity index (χ1) is 15.6. The number of hydrogen-bond acceptors (Lipinski definition) is 5. The molecule has 1 saturated heterocycles. The highest BCUT2D eigenvalue weighted by atomic mass is 16.5. The lowest BCUT2D eigenvalue weighted by atomic mass is 10.0. The molecule has 1 aromatic heterocycles. The van der Waals surface area contributed by atoms with E-state index >= 15 is 0 Å². The van der Waals surface area contributed by atoms with Crippen LogP contribution in [0.3, 0.4) is 0 Å². The second-order valence-electron chi connectivity index (χ2n) is 8.76. The molecule has 2 heterocycles. The number of nitrogens with zero attached hydrogens (tertiary/aromatic N) is 3. The maximum atomic E-state index is 12.5. The summed E-state index contributed by atoms with van der Waals surface area (Å²) in [6.45, 7) is 7.11. The standard InChI is InChI=1S/C26H32N4O2/c1-19(2)20-10-12-22(13-11-20)26-28-25(32-29-26)15-14-24(31)27-18-23(30-16-6-7-17-30)21-8-4-3-5-9-21/h3-5,8-13,19,23H,6-7,14-18H2,1-2H3,(H,27,31). The summed E-state index contributed by atoms with van der Waals surface area (Å²) < 4.78 is 5.37. The van der Waals surface area contributed by atoms with Gasteiger partial charge < -0.3 is 9.84 Å². The van der Waals surface area contributed by atoms with Crippen LogP contribution in [0.5, 0.6) is 0 Å². The Hall–Kier alpha value is -2.99. The topological polar surface area (TPSA) is 71.3 Å². The number of carbonyl (C=O) groups is 1. The minimum absolute atomic E-state index is 0.00571. The van der Waals surface area contributed by atoms with Crippen LogP contribution in [0.15, 0.2) is 59.1 Å². The fourth-order valence-electron chi connectivity index (χ4n) is 4.20. The Labute approximate surface area is 190 Å². The monoisotopic (exact) mass is 432 g/mol. The van der Waals surface area contributed by atoms with E-state index in [1.165, 1.54) is 24.0 Å². The van der Waals surface area contributed by atoms with Gasteiger partial charge >= 0.3 is 0 Å². The van der Waals surface area contributed by atoms with Crippen LogP contribution in [0.25, 0.3) is 11.4 Å². The Kier molecular flexibility index (Phi) is 7.32. The second-order valence-corrected chi connectivity index (χ2v) is 8.76. The van der Waals surface area contributed by atoms with Crippen molar-refractivity contribution in [2.45, 2.75) is 51.5 Å². The molecule has 6 heteroatoms. The van der Waals surface area contributed by atoms with Crippen LogP contribution in [-0.4, -0.2) is 40.6 Å². The van der Waals surface area contributed by atoms with Gasteiger partial charge in [-0.25, -0.2) is 0 Å². The minimum atomic E-state index is 0.00571. The molecule has 1 atom stereocenters. The second kappa shape index (κ2) is 10.6. The van der Waals surface area contributed by atoms with E-state index in [9.17, 15) is 4.79 Å². The SMILES string of the molecule is CC(C)c1ccc(-c2noc(CCC(=O)NCC(c3ccccc3)N3CCCC3)n2)cc1. The lowest BCUT2D eigenvalue weighted by Gasteiger charge is -2.28. The highest BCUT2D eigenvalue weighted by Crippen LogP contribution is 2.24. The van der Waals surface area contributed by atoms with Crippen LogP contribution < -0.4 is 5.32 Å². The summed E-state index contributed by atoms with van der Waals surface area (Å²) in [5.41, 5.74) is 3.45. The van der Waals surface area contributed by atoms with Crippen molar-refractivity contribution in [3.63, 3.8) is 0 Å². The molecule has 168 valence electrons. The summed E-state index contributed by atoms with van der Waals surface area (Å²) in [5, 5.41) is 7.19. The molecule has 4 rings (SSSR count). The number of aryl methyl sites for hydroxylation is 1. The van der Waals surface area contributed by atoms with Crippen molar-refractivity contribution in [2.24, 2.45) is 0 Å². The molecular weight excluding hydrogens is 400 g/mol. The maximum absolute atomic E-state index is 12.5. The molecule has 1 unspecified atom stereocenters. The van der Waals surface area contributed by atoms with E-state index in [1.54, 1.807) is 0 Å². The predicted octanol–water partition coefficient (Wildman–Crippen LogP) is 4.75. The largest absolute Gasteiger partial charge is 0.354 e. The summed E-state index contributed by atoms with van der Waals surface area (Å²) in [4.78, 5) is 19.5. The van der Waals surface area contributed by atoms with Gasteiger partial charge in [-0.05, 0) is 43.0 Å². The first-order valence-electron chi connectivity index (χ1n) is 11.6. The van der Waals surface area contributed by atoms with E-state index in [1.807, 2.05) is 18.2 Å². The smallest absolute Gasteiger partial charge is 0.227 e. The van der Waals surface area contributed by atoms with Crippen molar-refractivity contribution in [3.8, 4) is 11.4 Å². The predicted molar refractivity (Wildman–Crippen MR) is 125 cm³/mol. The number of benzene rings is 2. The molecule has 1 fully saturated rings. The van der Waals surface area contributed by atoms with Crippen molar-refractivity contribution in [1.29, 1.82) is 0 Å². The zero-order valence-corrected chi connectivity index (χ0v) is 19.0. The molecule has 3 aromatic rings. The molecule has 0 radical (unpaired) electrons. The van der Waals surface area contributed by atoms with Crippen LogP contribution in [-0.2, 0) is 11.2 Å². The van der Waals surface area contributed by atoms with Crippen molar-refractivity contribution in [1.82, 2.24) is 20.4 Å². The molecule has 1 N–H and O–H groups in total. The molecule has 6 nitrogen and oxygen atoms in total. The van der Waals surface area contributed by atoms with Gasteiger partial charge in [-0.1, -0.05) is 73.6 Å². The molecule has 32 heavy (non-hydrogen) atoms. The fraction of sp³-hybridized carbons (Fsp3) is 0.423. The van der Waals surface area contributed by atoms with Crippen molar-refractivity contribution in [2.75, 3.05) is 19.6 Å². The lowest BCUT2D eigenvalue weighted by molar-refractivity contribution is -0.121. The first kappa shape index (κ1) is 22.2. The van der Waals surface area contributed by atoms with E-state index in [-0.39, 0.29) is 11.9 Å². The Morgan fingerprint density at radius 3 is 2.44 bits per heavy atom. The van der Waals surface area contributed by atoms with Gasteiger partial charge in [0.15, 0.2) is 0 Å². The van der Waals surface area contributed by atoms with Crippen molar-refractivity contribution < 1.29 is 9.32 Å². The van der Waals surface area contributed by atoms with Crippen molar-refractivity contribution >= 4 is 5.91 Å². The van der Waals surface area contributed by atoms with Gasteiger partial charge in [-0.2, -0.15) is 4.98 Å². The van der Waals surface area contributed by atoms with Gasteiger partial charge in [0.05, 0.1) is 6.04 Å². The third kappa shape index (κ3) is 5.62. The average Bonchev–Trinajstić information content (AvgIpc) is 3.51. The van der Waals surface area contributed by atoms with Crippen LogP contribution in [0.2, 0.25) is 0 Å². The van der Waals surface area contributed by atoms with E-state index in [2.05, 4.69) is 70.6 Å². The number of likely N-dealkylation sites (tertiary alicyclic amines) is 1. The Bertz CT molecular complexity index is 992. The molecule has 2 aromatic carbocycles. The minimum Gasteiger partial charge on any atom is -0.354 e. The molecule has 0 bridgehead atoms. The van der Waals surface area contributed by atoms with E-state index in [4.69, 9.17) is 4.52 Å². The third-order valence-corrected chi connectivity index (χ3v) is 6.13.